The van der Waals surface area contributed by atoms with Crippen molar-refractivity contribution in [3.63, 3.8) is 0 Å². The van der Waals surface area contributed by atoms with Gasteiger partial charge in [-0.1, -0.05) is 6.92 Å². The number of carbonyl (C=O) groups is 1. The smallest absolute Gasteiger partial charge is 0.317 e. The minimum Gasteiger partial charge on any atom is -0.480 e. The van der Waals surface area contributed by atoms with Crippen molar-refractivity contribution >= 4 is 27.5 Å². The summed E-state index contributed by atoms with van der Waals surface area (Å²) < 4.78 is 0. The molecule has 1 unspecified atom stereocenters. The van der Waals surface area contributed by atoms with E-state index in [0.29, 0.717) is 17.3 Å². The fourth-order valence-electron chi connectivity index (χ4n) is 3.95. The van der Waals surface area contributed by atoms with E-state index in [0.717, 1.165) is 47.7 Å². The number of likely N-dealkylation sites (N-methyl/N-ethyl adjacent to an activating group) is 1. The fraction of sp³-hybridized carbons (Fsp3) is 0.632. The molecule has 2 N–H and O–H groups in total. The maximum Gasteiger partial charge on any atom is 0.317 e. The Bertz CT molecular complexity index is 883. The molecule has 0 aromatic carbocycles. The van der Waals surface area contributed by atoms with E-state index in [4.69, 9.17) is 10.1 Å². The quantitative estimate of drug-likeness (QED) is 0.785. The number of carboxylic acid groups (broad SMARTS) is 1. The Kier molecular flexibility index (Phi) is 5.98. The number of piperidine rings is 1. The standard InChI is InChI=1S/C19H28N4O3S/c1-5-22(10-15(24)25)14-6-8-23(9-7-14)12(3)17-20-18(26)16-11(2)13(4)27-19(16)21-17/h12,14H,5-10H2,1-4H3,(H,24,25)(H,20,21,26). The summed E-state index contributed by atoms with van der Waals surface area (Å²) in [6.45, 7) is 10.6. The molecule has 148 valence electrons. The number of nitrogens with one attached hydrogen (secondary N) is 1. The van der Waals surface area contributed by atoms with Crippen LogP contribution in [0.2, 0.25) is 0 Å². The van der Waals surface area contributed by atoms with Gasteiger partial charge in [-0.3, -0.25) is 19.4 Å². The van der Waals surface area contributed by atoms with Gasteiger partial charge in [0, 0.05) is 24.0 Å². The SMILES string of the molecule is CCN(CC(=O)O)C1CCN(C(C)c2nc3sc(C)c(C)c3c(=O)[nH]2)CC1. The van der Waals surface area contributed by atoms with Crippen LogP contribution in [-0.2, 0) is 4.79 Å². The molecule has 2 aromatic rings. The number of carboxylic acids is 1. The minimum absolute atomic E-state index is 0.0281. The predicted molar refractivity (Wildman–Crippen MR) is 108 cm³/mol. The molecule has 2 aromatic heterocycles. The van der Waals surface area contributed by atoms with Gasteiger partial charge < -0.3 is 10.1 Å². The van der Waals surface area contributed by atoms with E-state index in [1.54, 1.807) is 11.3 Å². The van der Waals surface area contributed by atoms with Gasteiger partial charge in [-0.2, -0.15) is 0 Å². The van der Waals surface area contributed by atoms with Crippen LogP contribution in [0, 0.1) is 13.8 Å². The highest BCUT2D eigenvalue weighted by Gasteiger charge is 2.28. The number of aromatic nitrogens is 2. The second-order valence-electron chi connectivity index (χ2n) is 7.31. The third-order valence-electron chi connectivity index (χ3n) is 5.76. The first-order valence-electron chi connectivity index (χ1n) is 9.51. The topological polar surface area (TPSA) is 89.5 Å². The Balaban J connectivity index is 1.72. The zero-order valence-electron chi connectivity index (χ0n) is 16.4. The highest BCUT2D eigenvalue weighted by molar-refractivity contribution is 7.18. The van der Waals surface area contributed by atoms with Gasteiger partial charge >= 0.3 is 5.97 Å². The first-order chi connectivity index (χ1) is 12.8. The summed E-state index contributed by atoms with van der Waals surface area (Å²) in [6, 6.07) is 0.326. The van der Waals surface area contributed by atoms with Gasteiger partial charge in [0.25, 0.3) is 5.56 Å². The van der Waals surface area contributed by atoms with Gasteiger partial charge in [0.2, 0.25) is 0 Å². The lowest BCUT2D eigenvalue weighted by Crippen LogP contribution is -2.47. The van der Waals surface area contributed by atoms with Gasteiger partial charge in [0.15, 0.2) is 0 Å². The van der Waals surface area contributed by atoms with Crippen molar-refractivity contribution in [1.82, 2.24) is 19.8 Å². The molecule has 1 fully saturated rings. The molecule has 1 aliphatic rings. The van der Waals surface area contributed by atoms with Crippen molar-refractivity contribution in [3.8, 4) is 0 Å². The number of nitrogens with zero attached hydrogens (tertiary/aromatic N) is 3. The highest BCUT2D eigenvalue weighted by atomic mass is 32.1. The molecule has 3 heterocycles. The summed E-state index contributed by atoms with van der Waals surface area (Å²) in [4.78, 5) is 37.6. The lowest BCUT2D eigenvalue weighted by molar-refractivity contribution is -0.139. The zero-order chi connectivity index (χ0) is 19.7. The van der Waals surface area contributed by atoms with Crippen molar-refractivity contribution in [2.24, 2.45) is 0 Å². The van der Waals surface area contributed by atoms with Gasteiger partial charge in [0.1, 0.15) is 10.7 Å². The number of hydrogen-bond acceptors (Lipinski definition) is 6. The number of likely N-dealkylation sites (tertiary alicyclic amines) is 1. The van der Waals surface area contributed by atoms with E-state index < -0.39 is 5.97 Å². The summed E-state index contributed by atoms with van der Waals surface area (Å²) >= 11 is 1.57. The van der Waals surface area contributed by atoms with Crippen LogP contribution in [0.15, 0.2) is 4.79 Å². The van der Waals surface area contributed by atoms with Gasteiger partial charge in [-0.05, 0) is 45.7 Å². The Hall–Kier alpha value is -1.77. The van der Waals surface area contributed by atoms with Crippen molar-refractivity contribution in [1.29, 1.82) is 0 Å². The van der Waals surface area contributed by atoms with Crippen LogP contribution in [0.1, 0.15) is 49.0 Å². The largest absolute Gasteiger partial charge is 0.480 e. The maximum atomic E-state index is 12.5. The van der Waals surface area contributed by atoms with Crippen molar-refractivity contribution in [2.75, 3.05) is 26.2 Å². The van der Waals surface area contributed by atoms with Crippen LogP contribution >= 0.6 is 11.3 Å². The number of H-pyrrole nitrogens is 1. The average molecular weight is 393 g/mol. The van der Waals surface area contributed by atoms with Crippen molar-refractivity contribution in [3.05, 3.63) is 26.6 Å². The third kappa shape index (κ3) is 4.07. The molecule has 8 heteroatoms. The molecule has 0 aliphatic carbocycles. The predicted octanol–water partition coefficient (Wildman–Crippen LogP) is 2.53. The maximum absolute atomic E-state index is 12.5. The van der Waals surface area contributed by atoms with Crippen molar-refractivity contribution in [2.45, 2.75) is 52.6 Å². The van der Waals surface area contributed by atoms with Crippen LogP contribution in [0.25, 0.3) is 10.2 Å². The zero-order valence-corrected chi connectivity index (χ0v) is 17.2. The molecule has 1 saturated heterocycles. The summed E-state index contributed by atoms with van der Waals surface area (Å²) in [7, 11) is 0. The lowest BCUT2D eigenvalue weighted by atomic mass is 10.0. The Morgan fingerprint density at radius 2 is 2.07 bits per heavy atom. The summed E-state index contributed by atoms with van der Waals surface area (Å²) in [5, 5.41) is 9.78. The van der Waals surface area contributed by atoms with Crippen LogP contribution in [0.5, 0.6) is 0 Å². The van der Waals surface area contributed by atoms with E-state index in [9.17, 15) is 9.59 Å². The van der Waals surface area contributed by atoms with E-state index in [2.05, 4.69) is 16.8 Å². The van der Waals surface area contributed by atoms with E-state index in [-0.39, 0.29) is 18.1 Å². The number of rotatable bonds is 6. The molecule has 0 saturated carbocycles. The molecule has 0 radical (unpaired) electrons. The number of fused-ring (bicyclic) bond motifs is 1. The molecular weight excluding hydrogens is 364 g/mol. The Morgan fingerprint density at radius 1 is 1.41 bits per heavy atom. The van der Waals surface area contributed by atoms with Gasteiger partial charge in [0.05, 0.1) is 18.0 Å². The van der Waals surface area contributed by atoms with Crippen LogP contribution in [0.3, 0.4) is 0 Å². The summed E-state index contributed by atoms with van der Waals surface area (Å²) in [5.74, 6) is -0.0608. The molecule has 27 heavy (non-hydrogen) atoms. The van der Waals surface area contributed by atoms with Crippen LogP contribution < -0.4 is 5.56 Å². The second kappa shape index (κ2) is 8.08. The van der Waals surface area contributed by atoms with Crippen molar-refractivity contribution < 1.29 is 9.90 Å². The van der Waals surface area contributed by atoms with E-state index >= 15 is 0 Å². The van der Waals surface area contributed by atoms with Gasteiger partial charge in [-0.15, -0.1) is 11.3 Å². The minimum atomic E-state index is -0.774. The van der Waals surface area contributed by atoms with E-state index in [1.165, 1.54) is 0 Å². The number of hydrogen-bond donors (Lipinski definition) is 2. The second-order valence-corrected chi connectivity index (χ2v) is 8.52. The molecule has 0 bridgehead atoms. The third-order valence-corrected chi connectivity index (χ3v) is 6.86. The monoisotopic (exact) mass is 392 g/mol. The summed E-state index contributed by atoms with van der Waals surface area (Å²) in [5.41, 5.74) is 0.957. The Labute approximate surface area is 163 Å². The molecule has 0 spiro atoms. The van der Waals surface area contributed by atoms with E-state index in [1.807, 2.05) is 25.7 Å². The molecular formula is C19H28N4O3S. The molecule has 1 aliphatic heterocycles. The molecule has 0 amide bonds. The normalized spacial score (nSPS) is 17.7. The number of aryl methyl sites for hydroxylation is 2. The average Bonchev–Trinajstić information content (AvgIpc) is 2.93. The lowest BCUT2D eigenvalue weighted by Gasteiger charge is -2.39. The number of aliphatic carboxylic acids is 1. The first-order valence-corrected chi connectivity index (χ1v) is 10.3. The first kappa shape index (κ1) is 20.0. The number of aromatic amines is 1. The van der Waals surface area contributed by atoms with Crippen LogP contribution in [0.4, 0.5) is 0 Å². The van der Waals surface area contributed by atoms with Crippen LogP contribution in [-0.4, -0.2) is 63.1 Å². The fourth-order valence-corrected chi connectivity index (χ4v) is 4.99. The molecule has 3 rings (SSSR count). The summed E-state index contributed by atoms with van der Waals surface area (Å²) in [6.07, 6.45) is 1.85. The number of thiophene rings is 1. The Morgan fingerprint density at radius 3 is 2.67 bits per heavy atom. The van der Waals surface area contributed by atoms with Gasteiger partial charge in [-0.25, -0.2) is 4.98 Å². The molecule has 7 nitrogen and oxygen atoms in total. The molecule has 1 atom stereocenters. The highest BCUT2D eigenvalue weighted by Crippen LogP contribution is 2.28.